The fraction of sp³-hybridized carbons (Fsp3) is 0.167. The standard InChI is InChI=1S/C30H27N5O2/c1-30(2,37)26-10-5-3-8-22(26)19-35-29(36)25-20-33(27-11-6-4-9-24(27)28(25)32-35)18-21-12-14-23(15-13-21)34-17-7-16-31-34/h3-17,20,37H,18-19H2,1-2H3. The summed E-state index contributed by atoms with van der Waals surface area (Å²) in [6, 6.07) is 25.8. The van der Waals surface area contributed by atoms with E-state index in [0.29, 0.717) is 17.8 Å². The Morgan fingerprint density at radius 1 is 0.892 bits per heavy atom. The SMILES string of the molecule is CC(C)(O)c1ccccc1Cn1nc2c3ccccc3n(Cc3ccc(-n4cccn4)cc3)cc-2c1=O. The van der Waals surface area contributed by atoms with Gasteiger partial charge < -0.3 is 9.67 Å². The van der Waals surface area contributed by atoms with Crippen LogP contribution < -0.4 is 5.56 Å². The molecule has 3 aromatic carbocycles. The Morgan fingerprint density at radius 3 is 2.41 bits per heavy atom. The summed E-state index contributed by atoms with van der Waals surface area (Å²) in [4.78, 5) is 13.5. The number of fused-ring (bicyclic) bond motifs is 3. The van der Waals surface area contributed by atoms with Crippen LogP contribution in [-0.4, -0.2) is 29.2 Å². The lowest BCUT2D eigenvalue weighted by Crippen LogP contribution is -2.22. The number of para-hydroxylation sites is 1. The van der Waals surface area contributed by atoms with E-state index in [9.17, 15) is 9.90 Å². The fourth-order valence-electron chi connectivity index (χ4n) is 4.95. The van der Waals surface area contributed by atoms with Crippen LogP contribution in [0.4, 0.5) is 0 Å². The second-order valence-corrected chi connectivity index (χ2v) is 9.83. The van der Waals surface area contributed by atoms with Crippen molar-refractivity contribution in [3.63, 3.8) is 0 Å². The lowest BCUT2D eigenvalue weighted by Gasteiger charge is -2.21. The first kappa shape index (κ1) is 22.9. The van der Waals surface area contributed by atoms with Gasteiger partial charge in [0, 0.05) is 30.5 Å². The number of hydrogen-bond acceptors (Lipinski definition) is 4. The van der Waals surface area contributed by atoms with Gasteiger partial charge in [0.1, 0.15) is 5.69 Å². The number of aromatic nitrogens is 5. The molecule has 184 valence electrons. The summed E-state index contributed by atoms with van der Waals surface area (Å²) >= 11 is 0. The van der Waals surface area contributed by atoms with Crippen molar-refractivity contribution in [1.29, 1.82) is 0 Å². The van der Waals surface area contributed by atoms with Crippen LogP contribution in [0.1, 0.15) is 30.5 Å². The van der Waals surface area contributed by atoms with E-state index in [0.717, 1.165) is 33.3 Å². The molecule has 7 nitrogen and oxygen atoms in total. The molecule has 6 rings (SSSR count). The van der Waals surface area contributed by atoms with Gasteiger partial charge in [-0.15, -0.1) is 0 Å². The third-order valence-electron chi connectivity index (χ3n) is 6.75. The summed E-state index contributed by atoms with van der Waals surface area (Å²) in [5, 5.41) is 20.6. The van der Waals surface area contributed by atoms with Crippen LogP contribution in [0, 0.1) is 0 Å². The van der Waals surface area contributed by atoms with Gasteiger partial charge in [0.15, 0.2) is 0 Å². The van der Waals surface area contributed by atoms with E-state index in [2.05, 4.69) is 27.9 Å². The summed E-state index contributed by atoms with van der Waals surface area (Å²) in [5.41, 5.74) is 4.87. The topological polar surface area (TPSA) is 77.9 Å². The number of rotatable bonds is 6. The number of benzene rings is 3. The van der Waals surface area contributed by atoms with Crippen molar-refractivity contribution in [2.45, 2.75) is 32.5 Å². The summed E-state index contributed by atoms with van der Waals surface area (Å²) < 4.78 is 5.44. The highest BCUT2D eigenvalue weighted by Crippen LogP contribution is 2.29. The average molecular weight is 490 g/mol. The summed E-state index contributed by atoms with van der Waals surface area (Å²) in [6.45, 7) is 4.40. The van der Waals surface area contributed by atoms with Crippen LogP contribution in [0.3, 0.4) is 0 Å². The molecule has 0 amide bonds. The van der Waals surface area contributed by atoms with Gasteiger partial charge >= 0.3 is 0 Å². The molecule has 3 heterocycles. The first-order chi connectivity index (χ1) is 17.9. The largest absolute Gasteiger partial charge is 0.386 e. The number of pyridine rings is 1. The van der Waals surface area contributed by atoms with Crippen LogP contribution >= 0.6 is 0 Å². The maximum absolute atomic E-state index is 13.5. The molecule has 0 bridgehead atoms. The Morgan fingerprint density at radius 2 is 1.65 bits per heavy atom. The molecule has 1 aromatic heterocycles. The minimum atomic E-state index is -1.02. The second kappa shape index (κ2) is 8.87. The Balaban J connectivity index is 1.41. The zero-order valence-corrected chi connectivity index (χ0v) is 20.7. The van der Waals surface area contributed by atoms with Crippen molar-refractivity contribution in [3.05, 3.63) is 124 Å². The van der Waals surface area contributed by atoms with Gasteiger partial charge in [-0.1, -0.05) is 54.6 Å². The van der Waals surface area contributed by atoms with Crippen molar-refractivity contribution in [2.75, 3.05) is 0 Å². The van der Waals surface area contributed by atoms with Gasteiger partial charge in [-0.2, -0.15) is 10.2 Å². The Bertz CT molecular complexity index is 1720. The highest BCUT2D eigenvalue weighted by molar-refractivity contribution is 5.93. The van der Waals surface area contributed by atoms with E-state index in [4.69, 9.17) is 5.10 Å². The molecule has 2 aliphatic heterocycles. The quantitative estimate of drug-likeness (QED) is 0.364. The van der Waals surface area contributed by atoms with Crippen LogP contribution in [0.25, 0.3) is 27.8 Å². The van der Waals surface area contributed by atoms with Crippen LogP contribution in [0.2, 0.25) is 0 Å². The molecule has 0 radical (unpaired) electrons. The number of hydrogen-bond donors (Lipinski definition) is 1. The molecule has 0 saturated heterocycles. The van der Waals surface area contributed by atoms with Gasteiger partial charge in [0.25, 0.3) is 5.56 Å². The molecule has 2 aliphatic rings. The first-order valence-electron chi connectivity index (χ1n) is 12.3. The molecule has 0 saturated carbocycles. The Hall–Kier alpha value is -4.49. The molecular formula is C30H27N5O2. The van der Waals surface area contributed by atoms with Crippen molar-refractivity contribution in [1.82, 2.24) is 24.1 Å². The summed E-state index contributed by atoms with van der Waals surface area (Å²) in [6.07, 6.45) is 5.58. The highest BCUT2D eigenvalue weighted by atomic mass is 16.3. The average Bonchev–Trinajstić information content (AvgIpc) is 3.54. The van der Waals surface area contributed by atoms with Crippen molar-refractivity contribution < 1.29 is 5.11 Å². The van der Waals surface area contributed by atoms with Gasteiger partial charge in [0.2, 0.25) is 0 Å². The lowest BCUT2D eigenvalue weighted by atomic mass is 9.93. The summed E-state index contributed by atoms with van der Waals surface area (Å²) in [7, 11) is 0. The van der Waals surface area contributed by atoms with Crippen molar-refractivity contribution in [3.8, 4) is 16.9 Å². The normalized spacial score (nSPS) is 12.0. The minimum absolute atomic E-state index is 0.144. The van der Waals surface area contributed by atoms with Crippen LogP contribution in [0.5, 0.6) is 0 Å². The van der Waals surface area contributed by atoms with Crippen molar-refractivity contribution >= 4 is 10.9 Å². The van der Waals surface area contributed by atoms with E-state index in [1.807, 2.05) is 77.7 Å². The predicted octanol–water partition coefficient (Wildman–Crippen LogP) is 4.81. The third-order valence-corrected chi connectivity index (χ3v) is 6.75. The molecule has 7 heteroatoms. The molecule has 0 atom stereocenters. The van der Waals surface area contributed by atoms with Gasteiger partial charge in [-0.05, 0) is 54.8 Å². The minimum Gasteiger partial charge on any atom is -0.386 e. The molecule has 0 fully saturated rings. The second-order valence-electron chi connectivity index (χ2n) is 9.83. The fourth-order valence-corrected chi connectivity index (χ4v) is 4.95. The molecule has 0 spiro atoms. The lowest BCUT2D eigenvalue weighted by molar-refractivity contribution is 0.0774. The maximum atomic E-state index is 13.5. The van der Waals surface area contributed by atoms with Gasteiger partial charge in [-0.25, -0.2) is 9.36 Å². The molecule has 0 aliphatic carbocycles. The maximum Gasteiger partial charge on any atom is 0.278 e. The molecule has 37 heavy (non-hydrogen) atoms. The number of nitrogens with zero attached hydrogens (tertiary/aromatic N) is 5. The van der Waals surface area contributed by atoms with Gasteiger partial charge in [0.05, 0.1) is 28.9 Å². The van der Waals surface area contributed by atoms with E-state index >= 15 is 0 Å². The molecular weight excluding hydrogens is 462 g/mol. The van der Waals surface area contributed by atoms with E-state index in [-0.39, 0.29) is 12.1 Å². The van der Waals surface area contributed by atoms with Crippen molar-refractivity contribution in [2.24, 2.45) is 0 Å². The Labute approximate surface area is 214 Å². The zero-order valence-electron chi connectivity index (χ0n) is 20.7. The monoisotopic (exact) mass is 489 g/mol. The highest BCUT2D eigenvalue weighted by Gasteiger charge is 2.23. The van der Waals surface area contributed by atoms with Crippen LogP contribution in [0.15, 0.2) is 102 Å². The van der Waals surface area contributed by atoms with E-state index in [1.165, 1.54) is 4.68 Å². The zero-order chi connectivity index (χ0) is 25.6. The Kier molecular flexibility index (Phi) is 5.50. The molecule has 0 unspecified atom stereocenters. The van der Waals surface area contributed by atoms with E-state index in [1.54, 1.807) is 20.0 Å². The third kappa shape index (κ3) is 4.23. The smallest absolute Gasteiger partial charge is 0.278 e. The predicted molar refractivity (Wildman–Crippen MR) is 144 cm³/mol. The van der Waals surface area contributed by atoms with Gasteiger partial charge in [-0.3, -0.25) is 4.79 Å². The van der Waals surface area contributed by atoms with E-state index < -0.39 is 5.60 Å². The first-order valence-corrected chi connectivity index (χ1v) is 12.3. The van der Waals surface area contributed by atoms with Crippen LogP contribution in [-0.2, 0) is 18.7 Å². The molecule has 1 N–H and O–H groups in total. The molecule has 4 aromatic rings. The summed E-state index contributed by atoms with van der Waals surface area (Å²) in [5.74, 6) is 0. The number of aliphatic hydroxyl groups is 1.